The molecule has 0 radical (unpaired) electrons. The molecule has 0 aromatic carbocycles. The molecule has 13 heavy (non-hydrogen) atoms. The lowest BCUT2D eigenvalue weighted by molar-refractivity contribution is 0.776. The van der Waals surface area contributed by atoms with E-state index in [1.54, 1.807) is 10.9 Å². The predicted molar refractivity (Wildman–Crippen MR) is 50.6 cm³/mol. The van der Waals surface area contributed by atoms with Crippen LogP contribution in [0, 0.1) is 6.92 Å². The fraction of sp³-hybridized carbons (Fsp3) is 0.375. The highest BCUT2D eigenvalue weighted by Gasteiger charge is 2.08. The van der Waals surface area contributed by atoms with E-state index in [-0.39, 0.29) is 0 Å². The van der Waals surface area contributed by atoms with Crippen molar-refractivity contribution in [1.29, 1.82) is 0 Å². The van der Waals surface area contributed by atoms with Gasteiger partial charge in [0.05, 0.1) is 23.0 Å². The Morgan fingerprint density at radius 3 is 2.85 bits per heavy atom. The summed E-state index contributed by atoms with van der Waals surface area (Å²) in [7, 11) is 3.72. The highest BCUT2D eigenvalue weighted by molar-refractivity contribution is 5.89. The number of rotatable bonds is 1. The first-order valence-electron chi connectivity index (χ1n) is 4.06. The zero-order chi connectivity index (χ0) is 9.42. The Morgan fingerprint density at radius 2 is 2.15 bits per heavy atom. The molecule has 0 amide bonds. The van der Waals surface area contributed by atoms with Crippen LogP contribution in [0.25, 0.3) is 11.0 Å². The topological polar surface area (TPSA) is 55.6 Å². The van der Waals surface area contributed by atoms with Gasteiger partial charge in [-0.15, -0.1) is 5.10 Å². The third-order valence-electron chi connectivity index (χ3n) is 2.08. The van der Waals surface area contributed by atoms with Gasteiger partial charge in [-0.1, -0.05) is 0 Å². The average molecular weight is 177 g/mol. The summed E-state index contributed by atoms with van der Waals surface area (Å²) in [5.74, 6) is 0. The molecule has 5 nitrogen and oxygen atoms in total. The first-order chi connectivity index (χ1) is 6.24. The summed E-state index contributed by atoms with van der Waals surface area (Å²) in [4.78, 5) is 0. The number of aromatic nitrogens is 4. The number of anilines is 1. The van der Waals surface area contributed by atoms with E-state index in [1.165, 1.54) is 0 Å². The quantitative estimate of drug-likeness (QED) is 0.697. The molecule has 2 rings (SSSR count). The van der Waals surface area contributed by atoms with Gasteiger partial charge in [-0.05, 0) is 6.92 Å². The van der Waals surface area contributed by atoms with E-state index in [9.17, 15) is 0 Å². The minimum Gasteiger partial charge on any atom is -0.386 e. The van der Waals surface area contributed by atoms with Crippen LogP contribution in [0.5, 0.6) is 0 Å². The van der Waals surface area contributed by atoms with Gasteiger partial charge in [0, 0.05) is 14.1 Å². The van der Waals surface area contributed by atoms with E-state index < -0.39 is 0 Å². The molecule has 0 saturated carbocycles. The van der Waals surface area contributed by atoms with Gasteiger partial charge in [0.15, 0.2) is 5.65 Å². The lowest BCUT2D eigenvalue weighted by atomic mass is 10.2. The zero-order valence-electron chi connectivity index (χ0n) is 7.87. The first kappa shape index (κ1) is 7.97. The van der Waals surface area contributed by atoms with Crippen LogP contribution in [0.3, 0.4) is 0 Å². The molecule has 0 spiro atoms. The zero-order valence-corrected chi connectivity index (χ0v) is 7.87. The van der Waals surface area contributed by atoms with Crippen molar-refractivity contribution in [2.24, 2.45) is 7.05 Å². The second-order valence-electron chi connectivity index (χ2n) is 2.92. The van der Waals surface area contributed by atoms with Gasteiger partial charge < -0.3 is 5.32 Å². The first-order valence-corrected chi connectivity index (χ1v) is 4.06. The summed E-state index contributed by atoms with van der Waals surface area (Å²) >= 11 is 0. The average Bonchev–Trinajstić information content (AvgIpc) is 2.48. The summed E-state index contributed by atoms with van der Waals surface area (Å²) < 4.78 is 1.71. The van der Waals surface area contributed by atoms with Gasteiger partial charge in [-0.3, -0.25) is 0 Å². The fourth-order valence-electron chi connectivity index (χ4n) is 1.41. The van der Waals surface area contributed by atoms with Gasteiger partial charge in [0.1, 0.15) is 0 Å². The van der Waals surface area contributed by atoms with Crippen molar-refractivity contribution in [3.8, 4) is 0 Å². The maximum Gasteiger partial charge on any atom is 0.182 e. The lowest BCUT2D eigenvalue weighted by Gasteiger charge is -2.03. The van der Waals surface area contributed by atoms with Crippen molar-refractivity contribution >= 4 is 16.7 Å². The number of aryl methyl sites for hydroxylation is 2. The van der Waals surface area contributed by atoms with Crippen LogP contribution in [0.15, 0.2) is 6.20 Å². The molecule has 0 atom stereocenters. The van der Waals surface area contributed by atoms with Crippen molar-refractivity contribution in [2.75, 3.05) is 12.4 Å². The van der Waals surface area contributed by atoms with Crippen LogP contribution in [0.4, 0.5) is 5.69 Å². The Bertz CT molecular complexity index is 445. The summed E-state index contributed by atoms with van der Waals surface area (Å²) in [5, 5.41) is 16.3. The molecule has 5 heteroatoms. The molecule has 2 heterocycles. The molecular weight excluding hydrogens is 166 g/mol. The minimum absolute atomic E-state index is 0.801. The summed E-state index contributed by atoms with van der Waals surface area (Å²) in [6.45, 7) is 1.92. The van der Waals surface area contributed by atoms with Crippen LogP contribution < -0.4 is 5.32 Å². The van der Waals surface area contributed by atoms with Crippen LogP contribution in [-0.2, 0) is 7.05 Å². The predicted octanol–water partition coefficient (Wildman–Crippen LogP) is 0.713. The highest BCUT2D eigenvalue weighted by atomic mass is 15.3. The van der Waals surface area contributed by atoms with E-state index in [2.05, 4.69) is 20.6 Å². The molecule has 0 aliphatic carbocycles. The highest BCUT2D eigenvalue weighted by Crippen LogP contribution is 2.21. The van der Waals surface area contributed by atoms with Crippen LogP contribution in [0.1, 0.15) is 5.69 Å². The fourth-order valence-corrected chi connectivity index (χ4v) is 1.41. The monoisotopic (exact) mass is 177 g/mol. The maximum absolute atomic E-state index is 4.12. The van der Waals surface area contributed by atoms with E-state index >= 15 is 0 Å². The molecule has 0 aliphatic heterocycles. The number of nitrogens with one attached hydrogen (secondary N) is 1. The van der Waals surface area contributed by atoms with Crippen molar-refractivity contribution in [2.45, 2.75) is 6.92 Å². The second-order valence-corrected chi connectivity index (χ2v) is 2.92. The number of hydrogen-bond donors (Lipinski definition) is 1. The van der Waals surface area contributed by atoms with Gasteiger partial charge in [-0.25, -0.2) is 4.68 Å². The normalized spacial score (nSPS) is 10.7. The Kier molecular flexibility index (Phi) is 1.65. The van der Waals surface area contributed by atoms with E-state index in [4.69, 9.17) is 0 Å². The Morgan fingerprint density at radius 1 is 1.38 bits per heavy atom. The molecule has 2 aromatic rings. The molecule has 0 aliphatic rings. The van der Waals surface area contributed by atoms with E-state index in [1.807, 2.05) is 21.0 Å². The number of fused-ring (bicyclic) bond motifs is 1. The largest absolute Gasteiger partial charge is 0.386 e. The van der Waals surface area contributed by atoms with Crippen molar-refractivity contribution in [3.05, 3.63) is 11.9 Å². The van der Waals surface area contributed by atoms with Gasteiger partial charge in [0.25, 0.3) is 0 Å². The molecular formula is C8H11N5. The van der Waals surface area contributed by atoms with Crippen LogP contribution >= 0.6 is 0 Å². The summed E-state index contributed by atoms with van der Waals surface area (Å²) in [5.41, 5.74) is 2.69. The Hall–Kier alpha value is -1.65. The molecule has 2 aromatic heterocycles. The number of hydrogen-bond acceptors (Lipinski definition) is 4. The maximum atomic E-state index is 4.12. The molecule has 68 valence electrons. The molecule has 0 bridgehead atoms. The van der Waals surface area contributed by atoms with Crippen LogP contribution in [0.2, 0.25) is 0 Å². The summed E-state index contributed by atoms with van der Waals surface area (Å²) in [6, 6.07) is 0. The molecule has 0 fully saturated rings. The lowest BCUT2D eigenvalue weighted by Crippen LogP contribution is -1.99. The van der Waals surface area contributed by atoms with Crippen molar-refractivity contribution in [1.82, 2.24) is 20.0 Å². The van der Waals surface area contributed by atoms with E-state index in [0.717, 1.165) is 22.4 Å². The molecule has 0 unspecified atom stereocenters. The smallest absolute Gasteiger partial charge is 0.182 e. The van der Waals surface area contributed by atoms with E-state index in [0.29, 0.717) is 0 Å². The Balaban J connectivity index is 2.85. The van der Waals surface area contributed by atoms with Gasteiger partial charge in [0.2, 0.25) is 0 Å². The van der Waals surface area contributed by atoms with Crippen molar-refractivity contribution in [3.63, 3.8) is 0 Å². The minimum atomic E-state index is 0.801. The SMILES string of the molecule is CNc1c(C)nnc2c1cnn2C. The van der Waals surface area contributed by atoms with Gasteiger partial charge >= 0.3 is 0 Å². The standard InChI is InChI=1S/C8H11N5/c1-5-7(9-2)6-4-10-13(3)8(6)12-11-5/h4H,1-3H3,(H,9,12). The third kappa shape index (κ3) is 1.04. The number of nitrogens with zero attached hydrogens (tertiary/aromatic N) is 4. The summed E-state index contributed by atoms with van der Waals surface area (Å²) in [6.07, 6.45) is 1.79. The van der Waals surface area contributed by atoms with Crippen molar-refractivity contribution < 1.29 is 0 Å². The molecule has 1 N–H and O–H groups in total. The Labute approximate surface area is 75.8 Å². The van der Waals surface area contributed by atoms with Crippen LogP contribution in [-0.4, -0.2) is 27.0 Å². The van der Waals surface area contributed by atoms with Gasteiger partial charge in [-0.2, -0.15) is 10.2 Å². The molecule has 0 saturated heterocycles. The second kappa shape index (κ2) is 2.69. The third-order valence-corrected chi connectivity index (χ3v) is 2.08.